The fourth-order valence-electron chi connectivity index (χ4n) is 4.87. The Morgan fingerprint density at radius 1 is 1.13 bits per heavy atom. The van der Waals surface area contributed by atoms with Crippen LogP contribution in [0.25, 0.3) is 0 Å². The van der Waals surface area contributed by atoms with Crippen LogP contribution >= 0.6 is 0 Å². The van der Waals surface area contributed by atoms with Crippen molar-refractivity contribution >= 4 is 17.7 Å². The van der Waals surface area contributed by atoms with E-state index in [-0.39, 0.29) is 48.0 Å². The average Bonchev–Trinajstić information content (AvgIpc) is 2.86. The summed E-state index contributed by atoms with van der Waals surface area (Å²) in [6, 6.07) is 5.23. The summed E-state index contributed by atoms with van der Waals surface area (Å²) < 4.78 is 13.5. The van der Waals surface area contributed by atoms with Gasteiger partial charge in [0.1, 0.15) is 11.9 Å². The molecule has 2 atom stereocenters. The zero-order chi connectivity index (χ0) is 29.4. The summed E-state index contributed by atoms with van der Waals surface area (Å²) in [5.74, 6) is -0.376. The molecule has 3 amide bonds. The first-order valence-electron chi connectivity index (χ1n) is 14.2. The van der Waals surface area contributed by atoms with Crippen molar-refractivity contribution in [2.24, 2.45) is 17.1 Å². The van der Waals surface area contributed by atoms with Gasteiger partial charge in [0.2, 0.25) is 17.7 Å². The number of likely N-dealkylation sites (tertiary alicyclic amines) is 1. The SMILES string of the molecule is CCC1(C(=O)NC(C)(C)C)CCN(C(=O)[C@@H](Cc2ccc(F)cc2)NC(=O)CCN(C)CC(N)C(C)C)CC1. The number of piperidine rings is 1. The van der Waals surface area contributed by atoms with E-state index in [9.17, 15) is 18.8 Å². The third-order valence-corrected chi connectivity index (χ3v) is 7.76. The number of carbonyl (C=O) groups is 3. The predicted octanol–water partition coefficient (Wildman–Crippen LogP) is 3.09. The fourth-order valence-corrected chi connectivity index (χ4v) is 4.87. The van der Waals surface area contributed by atoms with Crippen LogP contribution in [-0.4, -0.2) is 78.4 Å². The van der Waals surface area contributed by atoms with E-state index in [4.69, 9.17) is 5.73 Å². The van der Waals surface area contributed by atoms with Gasteiger partial charge in [0, 0.05) is 50.6 Å². The number of rotatable bonds is 12. The van der Waals surface area contributed by atoms with Crippen molar-refractivity contribution in [3.05, 3.63) is 35.6 Å². The standard InChI is InChI=1S/C30H50FN5O3/c1-8-30(28(39)34-29(4,5)6)14-17-36(18-15-30)27(38)25(19-22-9-11-23(31)12-10-22)33-26(37)13-16-35(7)20-24(32)21(2)3/h9-12,21,24-25H,8,13-20,32H2,1-7H3,(H,33,37)(H,34,39)/t24?,25-/m1/s1. The van der Waals surface area contributed by atoms with Gasteiger partial charge >= 0.3 is 0 Å². The lowest BCUT2D eigenvalue weighted by Gasteiger charge is -2.42. The molecule has 220 valence electrons. The maximum Gasteiger partial charge on any atom is 0.245 e. The highest BCUT2D eigenvalue weighted by Gasteiger charge is 2.42. The summed E-state index contributed by atoms with van der Waals surface area (Å²) in [4.78, 5) is 43.5. The minimum absolute atomic E-state index is 0.0192. The van der Waals surface area contributed by atoms with Gasteiger partial charge in [-0.15, -0.1) is 0 Å². The van der Waals surface area contributed by atoms with Gasteiger partial charge in [0.15, 0.2) is 0 Å². The van der Waals surface area contributed by atoms with Gasteiger partial charge in [-0.05, 0) is 70.7 Å². The van der Waals surface area contributed by atoms with Crippen molar-refractivity contribution in [3.63, 3.8) is 0 Å². The molecule has 9 heteroatoms. The first-order valence-corrected chi connectivity index (χ1v) is 14.2. The third-order valence-electron chi connectivity index (χ3n) is 7.76. The molecule has 0 bridgehead atoms. The summed E-state index contributed by atoms with van der Waals surface area (Å²) in [6.07, 6.45) is 2.32. The predicted molar refractivity (Wildman–Crippen MR) is 153 cm³/mol. The van der Waals surface area contributed by atoms with Gasteiger partial charge in [-0.2, -0.15) is 0 Å². The maximum absolute atomic E-state index is 13.7. The number of benzene rings is 1. The molecule has 0 saturated carbocycles. The molecule has 8 nitrogen and oxygen atoms in total. The van der Waals surface area contributed by atoms with Crippen molar-refractivity contribution in [2.75, 3.05) is 33.2 Å². The normalized spacial score (nSPS) is 17.2. The number of nitrogens with two attached hydrogens (primary N) is 1. The van der Waals surface area contributed by atoms with Gasteiger partial charge in [0.25, 0.3) is 0 Å². The number of nitrogens with one attached hydrogen (secondary N) is 2. The van der Waals surface area contributed by atoms with Crippen molar-refractivity contribution in [3.8, 4) is 0 Å². The molecule has 4 N–H and O–H groups in total. The van der Waals surface area contributed by atoms with Crippen molar-refractivity contribution < 1.29 is 18.8 Å². The number of nitrogens with zero attached hydrogens (tertiary/aromatic N) is 2. The topological polar surface area (TPSA) is 108 Å². The van der Waals surface area contributed by atoms with Crippen LogP contribution in [0.4, 0.5) is 4.39 Å². The highest BCUT2D eigenvalue weighted by molar-refractivity contribution is 5.88. The van der Waals surface area contributed by atoms with E-state index in [1.807, 2.05) is 39.6 Å². The summed E-state index contributed by atoms with van der Waals surface area (Å²) in [7, 11) is 1.93. The smallest absolute Gasteiger partial charge is 0.245 e. The molecule has 0 spiro atoms. The monoisotopic (exact) mass is 547 g/mol. The number of hydrogen-bond donors (Lipinski definition) is 3. The van der Waals surface area contributed by atoms with Gasteiger partial charge in [-0.3, -0.25) is 14.4 Å². The van der Waals surface area contributed by atoms with E-state index in [0.29, 0.717) is 51.4 Å². The molecule has 1 aliphatic rings. The Balaban J connectivity index is 2.08. The Bertz CT molecular complexity index is 952. The van der Waals surface area contributed by atoms with Gasteiger partial charge < -0.3 is 26.2 Å². The molecule has 39 heavy (non-hydrogen) atoms. The zero-order valence-electron chi connectivity index (χ0n) is 25.0. The second-order valence-corrected chi connectivity index (χ2v) is 12.5. The Hall–Kier alpha value is -2.52. The highest BCUT2D eigenvalue weighted by Crippen LogP contribution is 2.36. The van der Waals surface area contributed by atoms with Crippen LogP contribution in [0.2, 0.25) is 0 Å². The molecule has 0 radical (unpaired) electrons. The number of likely N-dealkylation sites (N-methyl/N-ethyl adjacent to an activating group) is 1. The maximum atomic E-state index is 13.7. The number of carbonyl (C=O) groups excluding carboxylic acids is 3. The summed E-state index contributed by atoms with van der Waals surface area (Å²) in [6.45, 7) is 14.1. The van der Waals surface area contributed by atoms with E-state index in [1.54, 1.807) is 17.0 Å². The minimum atomic E-state index is -0.774. The first-order chi connectivity index (χ1) is 18.2. The van der Waals surface area contributed by atoms with E-state index < -0.39 is 11.5 Å². The second-order valence-electron chi connectivity index (χ2n) is 12.5. The molecule has 1 aromatic carbocycles. The second kappa shape index (κ2) is 14.2. The van der Waals surface area contributed by atoms with Crippen LogP contribution in [0.1, 0.15) is 72.8 Å². The molecule has 1 fully saturated rings. The van der Waals surface area contributed by atoms with Crippen LogP contribution in [0.15, 0.2) is 24.3 Å². The summed E-state index contributed by atoms with van der Waals surface area (Å²) in [5.41, 5.74) is 6.08. The number of hydrogen-bond acceptors (Lipinski definition) is 5. The molecule has 2 rings (SSSR count). The van der Waals surface area contributed by atoms with Crippen LogP contribution < -0.4 is 16.4 Å². The Labute approximate surface area is 234 Å². The molecule has 1 unspecified atom stereocenters. The minimum Gasteiger partial charge on any atom is -0.351 e. The summed E-state index contributed by atoms with van der Waals surface area (Å²) >= 11 is 0. The van der Waals surface area contributed by atoms with Crippen molar-refractivity contribution in [1.82, 2.24) is 20.4 Å². The van der Waals surface area contributed by atoms with Crippen molar-refractivity contribution in [2.45, 2.75) is 91.3 Å². The van der Waals surface area contributed by atoms with E-state index in [1.165, 1.54) is 12.1 Å². The molecule has 1 aromatic rings. The van der Waals surface area contributed by atoms with Crippen molar-refractivity contribution in [1.29, 1.82) is 0 Å². The molecular weight excluding hydrogens is 497 g/mol. The molecule has 1 heterocycles. The molecule has 0 aliphatic carbocycles. The third kappa shape index (κ3) is 10.2. The lowest BCUT2D eigenvalue weighted by Crippen LogP contribution is -2.56. The fraction of sp³-hybridized carbons (Fsp3) is 0.700. The average molecular weight is 548 g/mol. The lowest BCUT2D eigenvalue weighted by molar-refractivity contribution is -0.143. The Morgan fingerprint density at radius 3 is 2.23 bits per heavy atom. The largest absolute Gasteiger partial charge is 0.351 e. The number of amides is 3. The van der Waals surface area contributed by atoms with E-state index in [0.717, 1.165) is 5.56 Å². The van der Waals surface area contributed by atoms with Gasteiger partial charge in [0.05, 0.1) is 5.41 Å². The molecule has 0 aromatic heterocycles. The van der Waals surface area contributed by atoms with Crippen LogP contribution in [0.3, 0.4) is 0 Å². The molecular formula is C30H50FN5O3. The van der Waals surface area contributed by atoms with E-state index >= 15 is 0 Å². The quantitative estimate of drug-likeness (QED) is 0.373. The zero-order valence-corrected chi connectivity index (χ0v) is 25.0. The van der Waals surface area contributed by atoms with Gasteiger partial charge in [-0.25, -0.2) is 4.39 Å². The highest BCUT2D eigenvalue weighted by atomic mass is 19.1. The van der Waals surface area contributed by atoms with Crippen LogP contribution in [0, 0.1) is 17.2 Å². The Kier molecular flexibility index (Phi) is 11.9. The summed E-state index contributed by atoms with van der Waals surface area (Å²) in [5, 5.41) is 6.05. The Morgan fingerprint density at radius 2 is 1.72 bits per heavy atom. The van der Waals surface area contributed by atoms with Crippen LogP contribution in [-0.2, 0) is 20.8 Å². The van der Waals surface area contributed by atoms with Crippen LogP contribution in [0.5, 0.6) is 0 Å². The van der Waals surface area contributed by atoms with Gasteiger partial charge in [-0.1, -0.05) is 32.9 Å². The molecule has 1 aliphatic heterocycles. The first kappa shape index (κ1) is 32.7. The lowest BCUT2D eigenvalue weighted by atomic mass is 9.74. The molecule has 1 saturated heterocycles. The van der Waals surface area contributed by atoms with E-state index in [2.05, 4.69) is 24.5 Å². The number of halogens is 1.